The van der Waals surface area contributed by atoms with E-state index in [2.05, 4.69) is 5.32 Å². The third kappa shape index (κ3) is 2.71. The number of rotatable bonds is 4. The minimum atomic E-state index is -0.118. The molecule has 0 bridgehead atoms. The van der Waals surface area contributed by atoms with Gasteiger partial charge in [0, 0.05) is 18.8 Å². The minimum Gasteiger partial charge on any atom is -0.377 e. The second-order valence-electron chi connectivity index (χ2n) is 5.49. The number of pyridine rings is 1. The van der Waals surface area contributed by atoms with Gasteiger partial charge in [-0.15, -0.1) is 0 Å². The standard InChI is InChI=1S/C17H19FN2O/c1-2-10-20-11-12(6-9-17(20)21)19-16-8-7-13-14(16)4-3-5-15(13)18/h3-6,9,11,16,19H,2,7-8,10H2,1H3. The molecule has 1 atom stereocenters. The van der Waals surface area contributed by atoms with Gasteiger partial charge in [-0.25, -0.2) is 4.39 Å². The summed E-state index contributed by atoms with van der Waals surface area (Å²) >= 11 is 0. The van der Waals surface area contributed by atoms with Crippen molar-refractivity contribution in [1.82, 2.24) is 4.57 Å². The van der Waals surface area contributed by atoms with Crippen LogP contribution in [-0.4, -0.2) is 4.57 Å². The number of hydrogen-bond acceptors (Lipinski definition) is 2. The van der Waals surface area contributed by atoms with Crippen LogP contribution in [0.2, 0.25) is 0 Å². The summed E-state index contributed by atoms with van der Waals surface area (Å²) in [7, 11) is 0. The maximum atomic E-state index is 13.7. The van der Waals surface area contributed by atoms with Gasteiger partial charge in [-0.3, -0.25) is 4.79 Å². The third-order valence-corrected chi connectivity index (χ3v) is 4.00. The molecule has 3 rings (SSSR count). The molecule has 1 aliphatic carbocycles. The van der Waals surface area contributed by atoms with E-state index in [-0.39, 0.29) is 17.4 Å². The van der Waals surface area contributed by atoms with Gasteiger partial charge in [0.1, 0.15) is 5.82 Å². The molecule has 1 heterocycles. The summed E-state index contributed by atoms with van der Waals surface area (Å²) in [5.74, 6) is -0.118. The Morgan fingerprint density at radius 2 is 2.19 bits per heavy atom. The van der Waals surface area contributed by atoms with Crippen molar-refractivity contribution >= 4 is 5.69 Å². The highest BCUT2D eigenvalue weighted by atomic mass is 19.1. The zero-order valence-corrected chi connectivity index (χ0v) is 12.1. The van der Waals surface area contributed by atoms with Crippen LogP contribution in [0.15, 0.2) is 41.3 Å². The van der Waals surface area contributed by atoms with Crippen molar-refractivity contribution in [3.05, 3.63) is 63.8 Å². The predicted molar refractivity (Wildman–Crippen MR) is 82.1 cm³/mol. The zero-order chi connectivity index (χ0) is 14.8. The molecule has 110 valence electrons. The van der Waals surface area contributed by atoms with Crippen LogP contribution in [0.1, 0.15) is 36.9 Å². The highest BCUT2D eigenvalue weighted by Gasteiger charge is 2.24. The minimum absolute atomic E-state index is 0.0141. The molecule has 0 radical (unpaired) electrons. The first kappa shape index (κ1) is 13.9. The Kier molecular flexibility index (Phi) is 3.78. The summed E-state index contributed by atoms with van der Waals surface area (Å²) in [6.07, 6.45) is 4.40. The first-order valence-electron chi connectivity index (χ1n) is 7.43. The van der Waals surface area contributed by atoms with E-state index in [1.54, 1.807) is 22.8 Å². The molecule has 0 fully saturated rings. The van der Waals surface area contributed by atoms with E-state index in [0.717, 1.165) is 36.1 Å². The molecule has 0 saturated carbocycles. The summed E-state index contributed by atoms with van der Waals surface area (Å²) in [5.41, 5.74) is 2.77. The highest BCUT2D eigenvalue weighted by molar-refractivity contribution is 5.47. The Morgan fingerprint density at radius 1 is 1.33 bits per heavy atom. The highest BCUT2D eigenvalue weighted by Crippen LogP contribution is 2.34. The quantitative estimate of drug-likeness (QED) is 0.933. The average Bonchev–Trinajstić information content (AvgIpc) is 2.88. The summed E-state index contributed by atoms with van der Waals surface area (Å²) in [6.45, 7) is 2.76. The van der Waals surface area contributed by atoms with E-state index < -0.39 is 0 Å². The fourth-order valence-electron chi connectivity index (χ4n) is 2.99. The second kappa shape index (κ2) is 5.72. The number of aromatic nitrogens is 1. The molecule has 1 aromatic heterocycles. The van der Waals surface area contributed by atoms with Gasteiger partial charge in [0.2, 0.25) is 0 Å². The second-order valence-corrected chi connectivity index (χ2v) is 5.49. The van der Waals surface area contributed by atoms with Gasteiger partial charge in [0.15, 0.2) is 0 Å². The SMILES string of the molecule is CCCn1cc(NC2CCc3c(F)cccc32)ccc1=O. The van der Waals surface area contributed by atoms with Crippen LogP contribution in [0.5, 0.6) is 0 Å². The van der Waals surface area contributed by atoms with E-state index in [4.69, 9.17) is 0 Å². The molecule has 0 spiro atoms. The van der Waals surface area contributed by atoms with Crippen molar-refractivity contribution in [1.29, 1.82) is 0 Å². The number of aryl methyl sites for hydroxylation is 1. The lowest BCUT2D eigenvalue weighted by Gasteiger charge is -2.16. The van der Waals surface area contributed by atoms with Crippen LogP contribution < -0.4 is 10.9 Å². The first-order chi connectivity index (χ1) is 10.2. The predicted octanol–water partition coefficient (Wildman–Crippen LogP) is 3.50. The Hall–Kier alpha value is -2.10. The van der Waals surface area contributed by atoms with E-state index in [0.29, 0.717) is 6.54 Å². The topological polar surface area (TPSA) is 34.0 Å². The van der Waals surface area contributed by atoms with Gasteiger partial charge in [-0.1, -0.05) is 19.1 Å². The van der Waals surface area contributed by atoms with Gasteiger partial charge in [0.05, 0.1) is 11.7 Å². The Labute approximate surface area is 123 Å². The van der Waals surface area contributed by atoms with E-state index >= 15 is 0 Å². The molecule has 1 aromatic carbocycles. The maximum Gasteiger partial charge on any atom is 0.250 e. The zero-order valence-electron chi connectivity index (χ0n) is 12.1. The molecule has 1 aliphatic rings. The normalized spacial score (nSPS) is 16.8. The molecule has 2 aromatic rings. The summed E-state index contributed by atoms with van der Waals surface area (Å²) in [6, 6.07) is 8.74. The van der Waals surface area contributed by atoms with Gasteiger partial charge >= 0.3 is 0 Å². The molecule has 1 unspecified atom stereocenters. The van der Waals surface area contributed by atoms with Crippen molar-refractivity contribution in [2.75, 3.05) is 5.32 Å². The number of anilines is 1. The third-order valence-electron chi connectivity index (χ3n) is 4.00. The Balaban J connectivity index is 1.85. The molecule has 0 saturated heterocycles. The average molecular weight is 286 g/mol. The molecule has 1 N–H and O–H groups in total. The molecule has 0 aliphatic heterocycles. The van der Waals surface area contributed by atoms with Crippen molar-refractivity contribution < 1.29 is 4.39 Å². The largest absolute Gasteiger partial charge is 0.377 e. The van der Waals surface area contributed by atoms with E-state index in [9.17, 15) is 9.18 Å². The van der Waals surface area contributed by atoms with Crippen LogP contribution >= 0.6 is 0 Å². The lowest BCUT2D eigenvalue weighted by molar-refractivity contribution is 0.612. The van der Waals surface area contributed by atoms with Crippen molar-refractivity contribution in [3.63, 3.8) is 0 Å². The summed E-state index contributed by atoms with van der Waals surface area (Å²) < 4.78 is 15.5. The van der Waals surface area contributed by atoms with Crippen LogP contribution in [0.25, 0.3) is 0 Å². The lowest BCUT2D eigenvalue weighted by atomic mass is 10.1. The maximum absolute atomic E-state index is 13.7. The van der Waals surface area contributed by atoms with E-state index in [1.165, 1.54) is 6.07 Å². The van der Waals surface area contributed by atoms with Crippen molar-refractivity contribution in [2.45, 2.75) is 38.8 Å². The van der Waals surface area contributed by atoms with Crippen LogP contribution in [-0.2, 0) is 13.0 Å². The summed E-state index contributed by atoms with van der Waals surface area (Å²) in [5, 5.41) is 3.42. The van der Waals surface area contributed by atoms with Crippen LogP contribution in [0.4, 0.5) is 10.1 Å². The fourth-order valence-corrected chi connectivity index (χ4v) is 2.99. The fraction of sp³-hybridized carbons (Fsp3) is 0.353. The first-order valence-corrected chi connectivity index (χ1v) is 7.43. The molecule has 0 amide bonds. The van der Waals surface area contributed by atoms with Crippen molar-refractivity contribution in [3.8, 4) is 0 Å². The number of benzene rings is 1. The number of hydrogen-bond donors (Lipinski definition) is 1. The smallest absolute Gasteiger partial charge is 0.250 e. The van der Waals surface area contributed by atoms with Gasteiger partial charge in [-0.05, 0) is 42.5 Å². The van der Waals surface area contributed by atoms with Gasteiger partial charge in [-0.2, -0.15) is 0 Å². The molecule has 3 nitrogen and oxygen atoms in total. The number of halogens is 1. The van der Waals surface area contributed by atoms with E-state index in [1.807, 2.05) is 19.2 Å². The molecular formula is C17H19FN2O. The monoisotopic (exact) mass is 286 g/mol. The lowest BCUT2D eigenvalue weighted by Crippen LogP contribution is -2.19. The van der Waals surface area contributed by atoms with Crippen molar-refractivity contribution in [2.24, 2.45) is 0 Å². The molecule has 21 heavy (non-hydrogen) atoms. The van der Waals surface area contributed by atoms with Gasteiger partial charge in [0.25, 0.3) is 5.56 Å². The molecule has 4 heteroatoms. The number of nitrogens with zero attached hydrogens (tertiary/aromatic N) is 1. The number of nitrogens with one attached hydrogen (secondary N) is 1. The summed E-state index contributed by atoms with van der Waals surface area (Å²) in [4.78, 5) is 11.7. The van der Waals surface area contributed by atoms with Crippen LogP contribution in [0, 0.1) is 5.82 Å². The van der Waals surface area contributed by atoms with Crippen LogP contribution in [0.3, 0.4) is 0 Å². The Bertz CT molecular complexity index is 708. The molecular weight excluding hydrogens is 267 g/mol. The number of fused-ring (bicyclic) bond motifs is 1. The van der Waals surface area contributed by atoms with Gasteiger partial charge < -0.3 is 9.88 Å². The Morgan fingerprint density at radius 3 is 3.00 bits per heavy atom.